The van der Waals surface area contributed by atoms with E-state index in [1.54, 1.807) is 0 Å². The maximum Gasteiger partial charge on any atom is 0.473 e. The number of fused-ring (bicyclic) bond motifs is 9. The Labute approximate surface area is 126 Å². The Morgan fingerprint density at radius 3 is 1.08 bits per heavy atom. The fourth-order valence-electron chi connectivity index (χ4n) is 1.59. The predicted octanol–water partition coefficient (Wildman–Crippen LogP) is 3.47. The highest BCUT2D eigenvalue weighted by Gasteiger charge is 2.85. The molecule has 1 aromatic carbocycles. The van der Waals surface area contributed by atoms with E-state index in [9.17, 15) is 44.7 Å². The number of carbonyl (C=O) groups excluding carboxylic acids is 2. The number of alkyl halides is 8. The number of halogens is 8. The Morgan fingerprint density at radius 1 is 0.583 bits per heavy atom. The molecule has 2 aliphatic rings. The SMILES string of the molecule is O=C1OC(F)(F)C(F)(F)C(F)(F)C(F)(F)OC(=O)c2ccc1cc2. The molecule has 0 unspecified atom stereocenters. The first-order valence-electron chi connectivity index (χ1n) is 5.81. The summed E-state index contributed by atoms with van der Waals surface area (Å²) in [6, 6.07) is 2.35. The van der Waals surface area contributed by atoms with Crippen molar-refractivity contribution in [3.63, 3.8) is 0 Å². The molecule has 12 heteroatoms. The summed E-state index contributed by atoms with van der Waals surface area (Å²) in [4.78, 5) is 22.6. The van der Waals surface area contributed by atoms with E-state index in [0.29, 0.717) is 24.3 Å². The average molecular weight is 364 g/mol. The van der Waals surface area contributed by atoms with Crippen molar-refractivity contribution in [1.29, 1.82) is 0 Å². The zero-order valence-corrected chi connectivity index (χ0v) is 11.0. The van der Waals surface area contributed by atoms with Gasteiger partial charge in [0.2, 0.25) is 0 Å². The van der Waals surface area contributed by atoms with Crippen molar-refractivity contribution >= 4 is 11.9 Å². The Bertz CT molecular complexity index is 624. The first-order valence-corrected chi connectivity index (χ1v) is 5.81. The van der Waals surface area contributed by atoms with Crippen LogP contribution in [0, 0.1) is 0 Å². The summed E-state index contributed by atoms with van der Waals surface area (Å²) in [6.07, 6.45) is -12.7. The van der Waals surface area contributed by atoms with Gasteiger partial charge in [0, 0.05) is 0 Å². The van der Waals surface area contributed by atoms with Crippen LogP contribution in [-0.4, -0.2) is 36.0 Å². The lowest BCUT2D eigenvalue weighted by molar-refractivity contribution is -0.445. The van der Waals surface area contributed by atoms with Gasteiger partial charge in [-0.05, 0) is 24.3 Å². The first kappa shape index (κ1) is 17.9. The van der Waals surface area contributed by atoms with Crippen LogP contribution in [0.25, 0.3) is 0 Å². The van der Waals surface area contributed by atoms with Gasteiger partial charge in [-0.1, -0.05) is 0 Å². The summed E-state index contributed by atoms with van der Waals surface area (Å²) in [5.41, 5.74) is -1.64. The second-order valence-corrected chi connectivity index (χ2v) is 4.54. The molecular weight excluding hydrogens is 360 g/mol. The third kappa shape index (κ3) is 2.45. The molecule has 1 aromatic rings. The number of hydrogen-bond donors (Lipinski definition) is 0. The first-order chi connectivity index (χ1) is 10.7. The summed E-state index contributed by atoms with van der Waals surface area (Å²) in [7, 11) is 0. The topological polar surface area (TPSA) is 52.6 Å². The smallest absolute Gasteiger partial charge is 0.392 e. The van der Waals surface area contributed by atoms with Crippen LogP contribution in [0.5, 0.6) is 0 Å². The van der Waals surface area contributed by atoms with Crippen molar-refractivity contribution in [2.75, 3.05) is 0 Å². The van der Waals surface area contributed by atoms with Crippen LogP contribution in [0.1, 0.15) is 20.7 Å². The second kappa shape index (κ2) is 5.05. The number of esters is 2. The van der Waals surface area contributed by atoms with Crippen LogP contribution >= 0.6 is 0 Å². The summed E-state index contributed by atoms with van der Waals surface area (Å²) in [5.74, 6) is -18.2. The van der Waals surface area contributed by atoms with Crippen molar-refractivity contribution in [2.45, 2.75) is 24.1 Å². The largest absolute Gasteiger partial charge is 0.473 e. The second-order valence-electron chi connectivity index (χ2n) is 4.54. The van der Waals surface area contributed by atoms with E-state index >= 15 is 0 Å². The van der Waals surface area contributed by atoms with E-state index in [1.807, 2.05) is 0 Å². The highest BCUT2D eigenvalue weighted by molar-refractivity contribution is 5.93. The van der Waals surface area contributed by atoms with Crippen LogP contribution in [0.4, 0.5) is 35.1 Å². The van der Waals surface area contributed by atoms with Gasteiger partial charge in [-0.25, -0.2) is 9.59 Å². The third-order valence-corrected chi connectivity index (χ3v) is 2.92. The van der Waals surface area contributed by atoms with Crippen LogP contribution in [-0.2, 0) is 9.47 Å². The molecule has 4 nitrogen and oxygen atoms in total. The minimum atomic E-state index is -6.89. The van der Waals surface area contributed by atoms with Gasteiger partial charge >= 0.3 is 36.0 Å². The highest BCUT2D eigenvalue weighted by Crippen LogP contribution is 2.53. The molecule has 132 valence electrons. The van der Waals surface area contributed by atoms with Gasteiger partial charge in [0.15, 0.2) is 0 Å². The molecule has 0 aliphatic carbocycles. The summed E-state index contributed by atoms with van der Waals surface area (Å²) in [5, 5.41) is 0. The van der Waals surface area contributed by atoms with Crippen molar-refractivity contribution in [3.8, 4) is 0 Å². The van der Waals surface area contributed by atoms with E-state index in [1.165, 1.54) is 0 Å². The third-order valence-electron chi connectivity index (χ3n) is 2.92. The Morgan fingerprint density at radius 2 is 0.833 bits per heavy atom. The number of benzene rings is 1. The molecule has 0 N–H and O–H groups in total. The zero-order valence-electron chi connectivity index (χ0n) is 11.0. The van der Waals surface area contributed by atoms with Gasteiger partial charge < -0.3 is 9.47 Å². The molecule has 0 spiro atoms. The summed E-state index contributed by atoms with van der Waals surface area (Å²) < 4.78 is 112. The molecule has 0 fully saturated rings. The lowest BCUT2D eigenvalue weighted by atomic mass is 10.1. The van der Waals surface area contributed by atoms with Crippen LogP contribution in [0.2, 0.25) is 0 Å². The van der Waals surface area contributed by atoms with Crippen molar-refractivity contribution in [2.24, 2.45) is 0 Å². The molecule has 2 aliphatic heterocycles. The molecule has 0 aromatic heterocycles. The number of hydrogen-bond acceptors (Lipinski definition) is 4. The molecule has 0 saturated carbocycles. The van der Waals surface area contributed by atoms with Crippen molar-refractivity contribution in [1.82, 2.24) is 0 Å². The zero-order chi connectivity index (χ0) is 18.6. The van der Waals surface area contributed by atoms with Gasteiger partial charge in [0.25, 0.3) is 0 Å². The normalized spacial score (nSPS) is 24.3. The van der Waals surface area contributed by atoms with E-state index in [4.69, 9.17) is 0 Å². The van der Waals surface area contributed by atoms with Gasteiger partial charge in [0.05, 0.1) is 11.1 Å². The maximum absolute atomic E-state index is 13.3. The number of rotatable bonds is 0. The van der Waals surface area contributed by atoms with Crippen molar-refractivity contribution in [3.05, 3.63) is 35.4 Å². The van der Waals surface area contributed by atoms with Crippen LogP contribution in [0.3, 0.4) is 0 Å². The minimum absolute atomic E-state index is 0.588. The molecule has 0 atom stereocenters. The molecule has 24 heavy (non-hydrogen) atoms. The van der Waals surface area contributed by atoms with E-state index < -0.39 is 47.1 Å². The Balaban J connectivity index is 2.67. The van der Waals surface area contributed by atoms with Gasteiger partial charge in [-0.3, -0.25) is 0 Å². The van der Waals surface area contributed by atoms with Crippen molar-refractivity contribution < 1.29 is 54.2 Å². The number of ether oxygens (including phenoxy) is 2. The standard InChI is InChI=1S/C12H4F8O4/c13-9(14)10(15,16)12(19,20)24-8(22)6-2-1-5(3-4-6)7(21)23-11(9,17)18/h1-4H. The minimum Gasteiger partial charge on any atom is -0.392 e. The van der Waals surface area contributed by atoms with E-state index in [2.05, 4.69) is 9.47 Å². The molecule has 0 saturated heterocycles. The molecule has 3 rings (SSSR count). The lowest BCUT2D eigenvalue weighted by Gasteiger charge is -2.35. The number of carbonyl (C=O) groups is 2. The van der Waals surface area contributed by atoms with Gasteiger partial charge in [-0.15, -0.1) is 0 Å². The lowest BCUT2D eigenvalue weighted by Crippen LogP contribution is -2.64. The van der Waals surface area contributed by atoms with E-state index in [0.717, 1.165) is 0 Å². The molecule has 2 bridgehead atoms. The fourth-order valence-corrected chi connectivity index (χ4v) is 1.59. The fraction of sp³-hybridized carbons (Fsp3) is 0.333. The monoisotopic (exact) mass is 364 g/mol. The summed E-state index contributed by atoms with van der Waals surface area (Å²) in [6.45, 7) is 0. The maximum atomic E-state index is 13.3. The van der Waals surface area contributed by atoms with E-state index in [-0.39, 0.29) is 0 Å². The quantitative estimate of drug-likeness (QED) is 0.523. The van der Waals surface area contributed by atoms with Crippen LogP contribution < -0.4 is 0 Å². The highest BCUT2D eigenvalue weighted by atomic mass is 19.4. The molecule has 0 radical (unpaired) electrons. The van der Waals surface area contributed by atoms with Gasteiger partial charge in [0.1, 0.15) is 0 Å². The molecular formula is C12H4F8O4. The summed E-state index contributed by atoms with van der Waals surface area (Å²) >= 11 is 0. The predicted molar refractivity (Wildman–Crippen MR) is 57.1 cm³/mol. The van der Waals surface area contributed by atoms with Gasteiger partial charge in [-0.2, -0.15) is 35.1 Å². The Hall–Kier alpha value is -2.40. The van der Waals surface area contributed by atoms with Crippen LogP contribution in [0.15, 0.2) is 24.3 Å². The molecule has 2 heterocycles. The Kier molecular flexibility index (Phi) is 3.77. The molecule has 0 amide bonds. The average Bonchev–Trinajstić information content (AvgIpc) is 2.45.